The molecular formula is C20H17ClN8O. The summed E-state index contributed by atoms with van der Waals surface area (Å²) in [7, 11) is 0. The molecule has 0 N–H and O–H groups in total. The summed E-state index contributed by atoms with van der Waals surface area (Å²) >= 11 is 6.04. The van der Waals surface area contributed by atoms with E-state index in [-0.39, 0.29) is 11.1 Å². The lowest BCUT2D eigenvalue weighted by molar-refractivity contribution is 0.593. The second-order valence-corrected chi connectivity index (χ2v) is 7.36. The van der Waals surface area contributed by atoms with Gasteiger partial charge in [0.25, 0.3) is 5.56 Å². The zero-order valence-corrected chi connectivity index (χ0v) is 17.3. The molecule has 5 aromatic rings. The summed E-state index contributed by atoms with van der Waals surface area (Å²) in [5, 5.41) is 22.1. The lowest BCUT2D eigenvalue weighted by atomic mass is 10.0. The fourth-order valence-electron chi connectivity index (χ4n) is 3.67. The van der Waals surface area contributed by atoms with Crippen molar-refractivity contribution in [3.05, 3.63) is 69.2 Å². The van der Waals surface area contributed by atoms with E-state index >= 15 is 0 Å². The van der Waals surface area contributed by atoms with E-state index < -0.39 is 0 Å². The van der Waals surface area contributed by atoms with E-state index in [4.69, 9.17) is 16.7 Å². The molecule has 0 aliphatic rings. The van der Waals surface area contributed by atoms with Crippen LogP contribution in [0.1, 0.15) is 24.3 Å². The lowest BCUT2D eigenvalue weighted by Gasteiger charge is -2.10. The van der Waals surface area contributed by atoms with Crippen molar-refractivity contribution in [1.82, 2.24) is 39.4 Å². The number of rotatable bonds is 3. The fourth-order valence-corrected chi connectivity index (χ4v) is 3.80. The number of fused-ring (bicyclic) bond motifs is 3. The zero-order valence-electron chi connectivity index (χ0n) is 16.5. The monoisotopic (exact) mass is 420 g/mol. The summed E-state index contributed by atoms with van der Waals surface area (Å²) in [5.74, 6) is 1.20. The van der Waals surface area contributed by atoms with Crippen LogP contribution in [-0.2, 0) is 6.42 Å². The molecule has 1 aromatic carbocycles. The number of hydrogen-bond acceptors (Lipinski definition) is 6. The second-order valence-electron chi connectivity index (χ2n) is 6.92. The van der Waals surface area contributed by atoms with Crippen LogP contribution in [0.4, 0.5) is 0 Å². The third-order valence-corrected chi connectivity index (χ3v) is 5.32. The first kappa shape index (κ1) is 18.4. The maximum atomic E-state index is 13.2. The smallest absolute Gasteiger partial charge is 0.265 e. The average molecular weight is 421 g/mol. The topological polar surface area (TPSA) is 95.8 Å². The van der Waals surface area contributed by atoms with Crippen molar-refractivity contribution >= 4 is 28.3 Å². The van der Waals surface area contributed by atoms with Crippen LogP contribution in [0.5, 0.6) is 0 Å². The van der Waals surface area contributed by atoms with Gasteiger partial charge in [-0.1, -0.05) is 30.7 Å². The van der Waals surface area contributed by atoms with Gasteiger partial charge in [-0.3, -0.25) is 4.79 Å². The summed E-state index contributed by atoms with van der Waals surface area (Å²) in [6.45, 7) is 5.59. The van der Waals surface area contributed by atoms with Crippen LogP contribution in [0.2, 0.25) is 5.02 Å². The van der Waals surface area contributed by atoms with Crippen molar-refractivity contribution < 1.29 is 0 Å². The highest BCUT2D eigenvalue weighted by molar-refractivity contribution is 6.30. The molecule has 30 heavy (non-hydrogen) atoms. The number of nitrogens with zero attached hydrogens (tertiary/aromatic N) is 8. The van der Waals surface area contributed by atoms with Crippen molar-refractivity contribution in [3.63, 3.8) is 0 Å². The Bertz CT molecular complexity index is 1460. The van der Waals surface area contributed by atoms with Crippen LogP contribution < -0.4 is 5.56 Å². The first-order valence-electron chi connectivity index (χ1n) is 9.44. The number of aryl methyl sites for hydroxylation is 3. The van der Waals surface area contributed by atoms with Gasteiger partial charge in [-0.05, 0) is 44.0 Å². The fraction of sp³-hybridized carbons (Fsp3) is 0.200. The van der Waals surface area contributed by atoms with E-state index in [0.717, 1.165) is 16.8 Å². The quantitative estimate of drug-likeness (QED) is 0.445. The van der Waals surface area contributed by atoms with E-state index in [1.54, 1.807) is 35.3 Å². The van der Waals surface area contributed by atoms with Gasteiger partial charge in [-0.25, -0.2) is 13.9 Å². The standard InChI is InChI=1S/C20H17ClN8O/c1-4-15-17(13-5-7-14(21)8-6-13)19-25-24-18-16(28(19)26-15)9-10-27(20(18)30)29-11(2)22-23-12(29)3/h5-10H,4H2,1-3H3. The highest BCUT2D eigenvalue weighted by Crippen LogP contribution is 2.29. The molecule has 4 heterocycles. The largest absolute Gasteiger partial charge is 0.299 e. The number of halogens is 1. The minimum Gasteiger partial charge on any atom is -0.265 e. The summed E-state index contributed by atoms with van der Waals surface area (Å²) < 4.78 is 4.74. The zero-order chi connectivity index (χ0) is 21.0. The maximum Gasteiger partial charge on any atom is 0.299 e. The minimum atomic E-state index is -0.325. The Morgan fingerprint density at radius 2 is 1.67 bits per heavy atom. The number of aromatic nitrogens is 8. The first-order chi connectivity index (χ1) is 14.5. The normalized spacial score (nSPS) is 11.6. The average Bonchev–Trinajstić information content (AvgIpc) is 3.29. The minimum absolute atomic E-state index is 0.213. The van der Waals surface area contributed by atoms with Gasteiger partial charge < -0.3 is 0 Å². The lowest BCUT2D eigenvalue weighted by Crippen LogP contribution is -2.28. The summed E-state index contributed by atoms with van der Waals surface area (Å²) in [4.78, 5) is 13.2. The van der Waals surface area contributed by atoms with Crippen LogP contribution >= 0.6 is 11.6 Å². The van der Waals surface area contributed by atoms with E-state index in [1.807, 2.05) is 31.2 Å². The molecule has 0 saturated carbocycles. The summed E-state index contributed by atoms with van der Waals surface area (Å²) in [6, 6.07) is 9.32. The second kappa shape index (κ2) is 6.74. The Balaban J connectivity index is 1.80. The predicted molar refractivity (Wildman–Crippen MR) is 113 cm³/mol. The molecule has 0 fully saturated rings. The molecule has 4 aromatic heterocycles. The number of pyridine rings is 1. The third kappa shape index (κ3) is 2.62. The van der Waals surface area contributed by atoms with Crippen LogP contribution in [0.3, 0.4) is 0 Å². The highest BCUT2D eigenvalue weighted by atomic mass is 35.5. The van der Waals surface area contributed by atoms with Crippen molar-refractivity contribution in [1.29, 1.82) is 0 Å². The molecule has 10 heteroatoms. The summed E-state index contributed by atoms with van der Waals surface area (Å²) in [5.41, 5.74) is 3.77. The van der Waals surface area contributed by atoms with Gasteiger partial charge in [0, 0.05) is 11.2 Å². The van der Waals surface area contributed by atoms with Gasteiger partial charge in [-0.15, -0.1) is 20.4 Å². The summed E-state index contributed by atoms with van der Waals surface area (Å²) in [6.07, 6.45) is 2.38. The molecular weight excluding hydrogens is 404 g/mol. The molecule has 0 spiro atoms. The van der Waals surface area contributed by atoms with Gasteiger partial charge >= 0.3 is 0 Å². The van der Waals surface area contributed by atoms with Crippen LogP contribution in [0.25, 0.3) is 27.8 Å². The van der Waals surface area contributed by atoms with Crippen molar-refractivity contribution in [2.45, 2.75) is 27.2 Å². The van der Waals surface area contributed by atoms with Crippen LogP contribution in [-0.4, -0.2) is 39.4 Å². The molecule has 5 rings (SSSR count). The molecule has 0 unspecified atom stereocenters. The van der Waals surface area contributed by atoms with Crippen molar-refractivity contribution in [2.75, 3.05) is 0 Å². The Morgan fingerprint density at radius 1 is 0.967 bits per heavy atom. The van der Waals surface area contributed by atoms with Crippen LogP contribution in [0.15, 0.2) is 41.3 Å². The molecule has 9 nitrogen and oxygen atoms in total. The molecule has 0 aliphatic heterocycles. The molecule has 150 valence electrons. The molecule has 0 amide bonds. The predicted octanol–water partition coefficient (Wildman–Crippen LogP) is 2.84. The molecule has 0 aliphatic carbocycles. The van der Waals surface area contributed by atoms with Crippen molar-refractivity contribution in [3.8, 4) is 11.1 Å². The Kier molecular flexibility index (Phi) is 4.14. The Hall–Kier alpha value is -3.59. The third-order valence-electron chi connectivity index (χ3n) is 5.07. The number of benzene rings is 1. The van der Waals surface area contributed by atoms with Crippen LogP contribution in [0, 0.1) is 13.8 Å². The Morgan fingerprint density at radius 3 is 2.33 bits per heavy atom. The first-order valence-corrected chi connectivity index (χ1v) is 9.82. The molecule has 0 radical (unpaired) electrons. The van der Waals surface area contributed by atoms with Gasteiger partial charge in [0.15, 0.2) is 11.2 Å². The molecule has 0 saturated heterocycles. The maximum absolute atomic E-state index is 13.2. The van der Waals surface area contributed by atoms with Gasteiger partial charge in [0.1, 0.15) is 17.2 Å². The highest BCUT2D eigenvalue weighted by Gasteiger charge is 2.19. The molecule has 0 bridgehead atoms. The Labute approximate surface area is 175 Å². The van der Waals surface area contributed by atoms with Gasteiger partial charge in [-0.2, -0.15) is 5.10 Å². The van der Waals surface area contributed by atoms with Gasteiger partial charge in [0.05, 0.1) is 11.3 Å². The molecule has 0 atom stereocenters. The van der Waals surface area contributed by atoms with E-state index in [2.05, 4.69) is 20.4 Å². The number of hydrogen-bond donors (Lipinski definition) is 0. The SMILES string of the molecule is CCc1nn2c(nnc3c(=O)n(-n4c(C)nnc4C)ccc32)c1-c1ccc(Cl)cc1. The van der Waals surface area contributed by atoms with E-state index in [9.17, 15) is 4.79 Å². The van der Waals surface area contributed by atoms with Crippen molar-refractivity contribution in [2.24, 2.45) is 0 Å². The van der Waals surface area contributed by atoms with E-state index in [0.29, 0.717) is 34.3 Å². The van der Waals surface area contributed by atoms with E-state index in [1.165, 1.54) is 4.68 Å². The van der Waals surface area contributed by atoms with Gasteiger partial charge in [0.2, 0.25) is 0 Å².